The molecule has 0 radical (unpaired) electrons. The average molecular weight is 509 g/mol. The van der Waals surface area contributed by atoms with Gasteiger partial charge in [-0.2, -0.15) is 0 Å². The smallest absolute Gasteiger partial charge is 0.0403 e. The van der Waals surface area contributed by atoms with Crippen LogP contribution in [0.3, 0.4) is 0 Å². The van der Waals surface area contributed by atoms with Crippen molar-refractivity contribution in [2.75, 3.05) is 76.0 Å². The van der Waals surface area contributed by atoms with Crippen molar-refractivity contribution < 1.29 is 0 Å². The van der Waals surface area contributed by atoms with E-state index in [0.29, 0.717) is 0 Å². The van der Waals surface area contributed by atoms with Crippen LogP contribution in [0, 0.1) is 0 Å². The molecule has 0 amide bonds. The highest BCUT2D eigenvalue weighted by Gasteiger charge is 2.25. The molecule has 0 aliphatic rings. The van der Waals surface area contributed by atoms with Gasteiger partial charge >= 0.3 is 0 Å². The minimum atomic E-state index is 0.105. The lowest BCUT2D eigenvalue weighted by Gasteiger charge is -2.32. The van der Waals surface area contributed by atoms with Crippen molar-refractivity contribution in [3.8, 4) is 0 Å². The monoisotopic (exact) mass is 508 g/mol. The summed E-state index contributed by atoms with van der Waals surface area (Å²) in [6.07, 6.45) is 5.66. The van der Waals surface area contributed by atoms with E-state index in [4.69, 9.17) is 0 Å². The van der Waals surface area contributed by atoms with Gasteiger partial charge in [0.25, 0.3) is 0 Å². The topological polar surface area (TPSA) is 13.0 Å². The van der Waals surface area contributed by atoms with Crippen LogP contribution in [0.1, 0.15) is 83.1 Å². The van der Waals surface area contributed by atoms with E-state index in [1.807, 2.05) is 0 Å². The molecule has 2 aromatic rings. The summed E-state index contributed by atoms with van der Waals surface area (Å²) in [5.41, 5.74) is 11.4. The van der Waals surface area contributed by atoms with Gasteiger partial charge in [0.2, 0.25) is 0 Å². The molecule has 0 aliphatic carbocycles. The van der Waals surface area contributed by atoms with Crippen LogP contribution in [0.4, 0.5) is 22.7 Å². The summed E-state index contributed by atoms with van der Waals surface area (Å²) >= 11 is 0. The molecule has 4 nitrogen and oxygen atoms in total. The summed E-state index contributed by atoms with van der Waals surface area (Å²) in [6, 6.07) is 9.77. The third-order valence-corrected chi connectivity index (χ3v) is 7.88. The maximum Gasteiger partial charge on any atom is 0.0403 e. The van der Waals surface area contributed by atoms with Gasteiger partial charge in [-0.05, 0) is 89.5 Å². The van der Waals surface area contributed by atoms with Gasteiger partial charge in [-0.15, -0.1) is 0 Å². The third kappa shape index (κ3) is 7.36. The van der Waals surface area contributed by atoms with Crippen LogP contribution in [-0.2, 0) is 23.7 Å². The Morgan fingerprint density at radius 1 is 0.514 bits per heavy atom. The fraction of sp³-hybridized carbons (Fsp3) is 0.636. The van der Waals surface area contributed by atoms with E-state index in [2.05, 4.69) is 142 Å². The molecule has 0 aromatic heterocycles. The molecule has 0 N–H and O–H groups in total. The number of anilines is 4. The van der Waals surface area contributed by atoms with Crippen LogP contribution in [0.2, 0.25) is 0 Å². The van der Waals surface area contributed by atoms with Crippen molar-refractivity contribution in [3.05, 3.63) is 46.5 Å². The summed E-state index contributed by atoms with van der Waals surface area (Å²) < 4.78 is 0. The fourth-order valence-electron chi connectivity index (χ4n) is 5.18. The highest BCUT2D eigenvalue weighted by molar-refractivity contribution is 5.68. The zero-order chi connectivity index (χ0) is 28.3. The molecular weight excluding hydrogens is 452 g/mol. The van der Waals surface area contributed by atoms with Crippen molar-refractivity contribution >= 4 is 22.7 Å². The SMILES string of the molecule is CCC(C)(C)c1cc(N(C)C)c(CCCCc2cc(N(C)C)c(C(C)(C)C)cc2N(C)C)cc1N(C)C. The third-order valence-electron chi connectivity index (χ3n) is 7.88. The first kappa shape index (κ1) is 30.9. The lowest BCUT2D eigenvalue weighted by atomic mass is 9.79. The molecule has 0 atom stereocenters. The summed E-state index contributed by atoms with van der Waals surface area (Å²) in [5.74, 6) is 0. The Hall–Kier alpha value is -2.36. The molecule has 0 fully saturated rings. The van der Waals surface area contributed by atoms with Gasteiger partial charge in [0, 0.05) is 79.1 Å². The van der Waals surface area contributed by atoms with Crippen molar-refractivity contribution in [2.45, 2.75) is 84.5 Å². The van der Waals surface area contributed by atoms with Gasteiger partial charge in [-0.3, -0.25) is 0 Å². The van der Waals surface area contributed by atoms with Crippen LogP contribution < -0.4 is 19.6 Å². The first-order chi connectivity index (χ1) is 17.0. The first-order valence-corrected chi connectivity index (χ1v) is 14.0. The second-order valence-corrected chi connectivity index (χ2v) is 13.3. The highest BCUT2D eigenvalue weighted by Crippen LogP contribution is 2.40. The molecule has 2 aromatic carbocycles. The summed E-state index contributed by atoms with van der Waals surface area (Å²) in [7, 11) is 17.4. The molecule has 0 unspecified atom stereocenters. The Morgan fingerprint density at radius 3 is 1.19 bits per heavy atom. The maximum atomic E-state index is 2.45. The van der Waals surface area contributed by atoms with Gasteiger partial charge in [-0.25, -0.2) is 0 Å². The standard InChI is InChI=1S/C33H56N4/c1-15-33(5,6)27-23-29(35(9)10)25(21-31(27)37(13)14)19-17-16-18-24-20-30(36(11)12)26(32(2,3)4)22-28(24)34(7)8/h20-23H,15-19H2,1-14H3. The number of aryl methyl sites for hydroxylation is 2. The van der Waals surface area contributed by atoms with Crippen LogP contribution in [0.15, 0.2) is 24.3 Å². The lowest BCUT2D eigenvalue weighted by Crippen LogP contribution is -2.23. The predicted octanol–water partition coefficient (Wildman–Crippen LogP) is 7.50. The van der Waals surface area contributed by atoms with E-state index in [-0.39, 0.29) is 10.8 Å². The largest absolute Gasteiger partial charge is 0.377 e. The number of hydrogen-bond acceptors (Lipinski definition) is 4. The molecule has 0 heterocycles. The molecular formula is C33H56N4. The summed E-state index contributed by atoms with van der Waals surface area (Å²) in [5, 5.41) is 0. The van der Waals surface area contributed by atoms with Crippen molar-refractivity contribution in [1.29, 1.82) is 0 Å². The number of unbranched alkanes of at least 4 members (excludes halogenated alkanes) is 1. The zero-order valence-corrected chi connectivity index (χ0v) is 26.6. The predicted molar refractivity (Wildman–Crippen MR) is 169 cm³/mol. The molecule has 37 heavy (non-hydrogen) atoms. The first-order valence-electron chi connectivity index (χ1n) is 14.0. The molecule has 2 rings (SSSR count). The Kier molecular flexibility index (Phi) is 10.0. The molecule has 0 bridgehead atoms. The second-order valence-electron chi connectivity index (χ2n) is 13.3. The van der Waals surface area contributed by atoms with Gasteiger partial charge in [0.05, 0.1) is 0 Å². The molecule has 208 valence electrons. The van der Waals surface area contributed by atoms with Crippen LogP contribution in [0.5, 0.6) is 0 Å². The van der Waals surface area contributed by atoms with E-state index < -0.39 is 0 Å². The van der Waals surface area contributed by atoms with E-state index >= 15 is 0 Å². The van der Waals surface area contributed by atoms with Crippen molar-refractivity contribution in [3.63, 3.8) is 0 Å². The Balaban J connectivity index is 2.34. The fourth-order valence-corrected chi connectivity index (χ4v) is 5.18. The van der Waals surface area contributed by atoms with Gasteiger partial charge in [0.1, 0.15) is 0 Å². The second kappa shape index (κ2) is 12.0. The van der Waals surface area contributed by atoms with Crippen LogP contribution in [-0.4, -0.2) is 56.4 Å². The normalized spacial score (nSPS) is 12.1. The Bertz CT molecular complexity index is 1040. The van der Waals surface area contributed by atoms with E-state index in [1.165, 1.54) is 57.8 Å². The van der Waals surface area contributed by atoms with Gasteiger partial charge in [0.15, 0.2) is 0 Å². The van der Waals surface area contributed by atoms with E-state index in [9.17, 15) is 0 Å². The number of benzene rings is 2. The van der Waals surface area contributed by atoms with E-state index in [0.717, 1.165) is 19.3 Å². The molecule has 0 aliphatic heterocycles. The summed E-state index contributed by atoms with van der Waals surface area (Å²) in [4.78, 5) is 9.14. The average Bonchev–Trinajstić information content (AvgIpc) is 2.79. The molecule has 4 heteroatoms. The van der Waals surface area contributed by atoms with E-state index in [1.54, 1.807) is 0 Å². The Morgan fingerprint density at radius 2 is 0.865 bits per heavy atom. The lowest BCUT2D eigenvalue weighted by molar-refractivity contribution is 0.506. The van der Waals surface area contributed by atoms with Crippen LogP contribution in [0.25, 0.3) is 0 Å². The maximum absolute atomic E-state index is 2.45. The van der Waals surface area contributed by atoms with Crippen molar-refractivity contribution in [2.24, 2.45) is 0 Å². The molecule has 0 spiro atoms. The zero-order valence-electron chi connectivity index (χ0n) is 26.6. The molecule has 0 saturated heterocycles. The Labute approximate surface area is 229 Å². The highest BCUT2D eigenvalue weighted by atomic mass is 15.1. The van der Waals surface area contributed by atoms with Gasteiger partial charge < -0.3 is 19.6 Å². The number of rotatable bonds is 11. The number of hydrogen-bond donors (Lipinski definition) is 0. The minimum absolute atomic E-state index is 0.105. The minimum Gasteiger partial charge on any atom is -0.377 e. The van der Waals surface area contributed by atoms with Crippen LogP contribution >= 0.6 is 0 Å². The summed E-state index contributed by atoms with van der Waals surface area (Å²) in [6.45, 7) is 14.0. The molecule has 0 saturated carbocycles. The van der Waals surface area contributed by atoms with Gasteiger partial charge in [-0.1, -0.05) is 41.5 Å². The number of nitrogens with zero attached hydrogens (tertiary/aromatic N) is 4. The van der Waals surface area contributed by atoms with Crippen molar-refractivity contribution in [1.82, 2.24) is 0 Å². The quantitative estimate of drug-likeness (QED) is 0.291.